The lowest BCUT2D eigenvalue weighted by Crippen LogP contribution is -2.46. The average Bonchev–Trinajstić information content (AvgIpc) is 2.76. The molecule has 3 rings (SSSR count). The molecule has 0 spiro atoms. The standard InChI is InChI=1S/C22H26N2O6/c1-28-16-6-4-14(5-7-16)21-17-13-19(30-3)18(29-2)12-15(17)9-11-24(21)22(27)23-10-8-20(25)26/h4-7,12-13,21H,8-11H2,1-3H3,(H,23,27)(H,25,26). The summed E-state index contributed by atoms with van der Waals surface area (Å²) in [6.45, 7) is 0.552. The molecule has 1 aliphatic rings. The molecule has 0 radical (unpaired) electrons. The van der Waals surface area contributed by atoms with Crippen molar-refractivity contribution in [1.29, 1.82) is 0 Å². The molecule has 0 saturated heterocycles. The van der Waals surface area contributed by atoms with E-state index in [2.05, 4.69) is 5.32 Å². The van der Waals surface area contributed by atoms with Crippen LogP contribution in [0.15, 0.2) is 36.4 Å². The van der Waals surface area contributed by atoms with Crippen LogP contribution >= 0.6 is 0 Å². The average molecular weight is 414 g/mol. The summed E-state index contributed by atoms with van der Waals surface area (Å²) in [7, 11) is 4.77. The van der Waals surface area contributed by atoms with Gasteiger partial charge in [0.05, 0.1) is 33.8 Å². The molecule has 0 fully saturated rings. The van der Waals surface area contributed by atoms with E-state index in [1.165, 1.54) is 0 Å². The van der Waals surface area contributed by atoms with Crippen LogP contribution in [0.1, 0.15) is 29.2 Å². The lowest BCUT2D eigenvalue weighted by Gasteiger charge is -2.38. The van der Waals surface area contributed by atoms with Gasteiger partial charge in [-0.1, -0.05) is 12.1 Å². The second kappa shape index (κ2) is 9.39. The number of methoxy groups -OCH3 is 3. The minimum atomic E-state index is -0.956. The van der Waals surface area contributed by atoms with E-state index in [0.29, 0.717) is 24.5 Å². The molecule has 8 heteroatoms. The smallest absolute Gasteiger partial charge is 0.318 e. The first-order valence-electron chi connectivity index (χ1n) is 9.63. The van der Waals surface area contributed by atoms with Crippen LogP contribution in [0, 0.1) is 0 Å². The summed E-state index contributed by atoms with van der Waals surface area (Å²) < 4.78 is 16.2. The quantitative estimate of drug-likeness (QED) is 0.723. The molecule has 2 aromatic carbocycles. The molecule has 160 valence electrons. The minimum Gasteiger partial charge on any atom is -0.497 e. The molecule has 2 N–H and O–H groups in total. The number of nitrogens with zero attached hydrogens (tertiary/aromatic N) is 1. The van der Waals surface area contributed by atoms with Crippen LogP contribution in [-0.4, -0.2) is 56.4 Å². The summed E-state index contributed by atoms with van der Waals surface area (Å²) in [5.74, 6) is 0.995. The maximum atomic E-state index is 12.9. The summed E-state index contributed by atoms with van der Waals surface area (Å²) in [4.78, 5) is 25.4. The van der Waals surface area contributed by atoms with Gasteiger partial charge in [0.1, 0.15) is 5.75 Å². The lowest BCUT2D eigenvalue weighted by molar-refractivity contribution is -0.136. The van der Waals surface area contributed by atoms with Crippen molar-refractivity contribution in [3.8, 4) is 17.2 Å². The van der Waals surface area contributed by atoms with Gasteiger partial charge in [-0.3, -0.25) is 4.79 Å². The zero-order valence-corrected chi connectivity index (χ0v) is 17.3. The van der Waals surface area contributed by atoms with Crippen molar-refractivity contribution in [2.45, 2.75) is 18.9 Å². The monoisotopic (exact) mass is 414 g/mol. The van der Waals surface area contributed by atoms with Crippen molar-refractivity contribution >= 4 is 12.0 Å². The third kappa shape index (κ3) is 4.42. The van der Waals surface area contributed by atoms with E-state index in [0.717, 1.165) is 22.4 Å². The molecule has 0 saturated carbocycles. The highest BCUT2D eigenvalue weighted by Gasteiger charge is 2.33. The van der Waals surface area contributed by atoms with Crippen LogP contribution in [0.5, 0.6) is 17.2 Å². The van der Waals surface area contributed by atoms with Crippen molar-refractivity contribution < 1.29 is 28.9 Å². The van der Waals surface area contributed by atoms with Crippen LogP contribution in [-0.2, 0) is 11.2 Å². The fraction of sp³-hybridized carbons (Fsp3) is 0.364. The van der Waals surface area contributed by atoms with Crippen LogP contribution < -0.4 is 19.5 Å². The summed E-state index contributed by atoms with van der Waals surface area (Å²) in [5, 5.41) is 11.6. The van der Waals surface area contributed by atoms with Gasteiger partial charge in [0.25, 0.3) is 0 Å². The first-order chi connectivity index (χ1) is 14.5. The molecule has 8 nitrogen and oxygen atoms in total. The number of carboxylic acid groups (broad SMARTS) is 1. The Kier molecular flexibility index (Phi) is 6.66. The number of urea groups is 1. The number of hydrogen-bond acceptors (Lipinski definition) is 5. The highest BCUT2D eigenvalue weighted by Crippen LogP contribution is 2.41. The third-order valence-corrected chi connectivity index (χ3v) is 5.18. The van der Waals surface area contributed by atoms with Gasteiger partial charge in [0.15, 0.2) is 11.5 Å². The van der Waals surface area contributed by atoms with Gasteiger partial charge in [-0.2, -0.15) is 0 Å². The number of rotatable bonds is 7. The molecule has 2 aromatic rings. The number of benzene rings is 2. The first kappa shape index (κ1) is 21.3. The molecule has 1 heterocycles. The van der Waals surface area contributed by atoms with Crippen LogP contribution in [0.3, 0.4) is 0 Å². The summed E-state index contributed by atoms with van der Waals surface area (Å²) >= 11 is 0. The Hall–Kier alpha value is -3.42. The maximum Gasteiger partial charge on any atom is 0.318 e. The van der Waals surface area contributed by atoms with Crippen molar-refractivity contribution in [2.24, 2.45) is 0 Å². The summed E-state index contributed by atoms with van der Waals surface area (Å²) in [6, 6.07) is 10.7. The van der Waals surface area contributed by atoms with Gasteiger partial charge in [-0.05, 0) is 47.4 Å². The van der Waals surface area contributed by atoms with Crippen molar-refractivity contribution in [3.05, 3.63) is 53.1 Å². The number of carbonyl (C=O) groups is 2. The van der Waals surface area contributed by atoms with E-state index in [1.54, 1.807) is 26.2 Å². The largest absolute Gasteiger partial charge is 0.497 e. The van der Waals surface area contributed by atoms with E-state index < -0.39 is 5.97 Å². The Morgan fingerprint density at radius 2 is 1.73 bits per heavy atom. The van der Waals surface area contributed by atoms with Gasteiger partial charge in [0, 0.05) is 13.1 Å². The fourth-order valence-electron chi connectivity index (χ4n) is 3.69. The molecule has 0 bridgehead atoms. The molecule has 2 amide bonds. The number of ether oxygens (including phenoxy) is 3. The predicted octanol–water partition coefficient (Wildman–Crippen LogP) is 2.84. The van der Waals surface area contributed by atoms with E-state index in [9.17, 15) is 9.59 Å². The number of nitrogens with one attached hydrogen (secondary N) is 1. The fourth-order valence-corrected chi connectivity index (χ4v) is 3.69. The molecule has 30 heavy (non-hydrogen) atoms. The molecule has 0 aliphatic carbocycles. The van der Waals surface area contributed by atoms with Gasteiger partial charge < -0.3 is 29.5 Å². The Bertz CT molecular complexity index is 913. The number of aliphatic carboxylic acids is 1. The second-order valence-corrected chi connectivity index (χ2v) is 6.90. The van der Waals surface area contributed by atoms with E-state index in [1.807, 2.05) is 36.4 Å². The molecular weight excluding hydrogens is 388 g/mol. The highest BCUT2D eigenvalue weighted by atomic mass is 16.5. The Labute approximate surface area is 175 Å². The summed E-state index contributed by atoms with van der Waals surface area (Å²) in [6.07, 6.45) is 0.517. The highest BCUT2D eigenvalue weighted by molar-refractivity contribution is 5.77. The molecule has 1 aliphatic heterocycles. The summed E-state index contributed by atoms with van der Waals surface area (Å²) in [5.41, 5.74) is 2.93. The number of amides is 2. The van der Waals surface area contributed by atoms with Gasteiger partial charge in [-0.15, -0.1) is 0 Å². The predicted molar refractivity (Wildman–Crippen MR) is 110 cm³/mol. The number of fused-ring (bicyclic) bond motifs is 1. The Balaban J connectivity index is 2.01. The van der Waals surface area contributed by atoms with Crippen LogP contribution in [0.25, 0.3) is 0 Å². The van der Waals surface area contributed by atoms with E-state index in [4.69, 9.17) is 19.3 Å². The van der Waals surface area contributed by atoms with Crippen molar-refractivity contribution in [3.63, 3.8) is 0 Å². The normalized spacial score (nSPS) is 15.2. The minimum absolute atomic E-state index is 0.0682. The van der Waals surface area contributed by atoms with Crippen molar-refractivity contribution in [1.82, 2.24) is 10.2 Å². The van der Waals surface area contributed by atoms with Gasteiger partial charge >= 0.3 is 12.0 Å². The Morgan fingerprint density at radius 3 is 2.33 bits per heavy atom. The molecular formula is C22H26N2O6. The SMILES string of the molecule is COc1ccc(C2c3cc(OC)c(OC)cc3CCN2C(=O)NCCC(=O)O)cc1. The van der Waals surface area contributed by atoms with Crippen LogP contribution in [0.4, 0.5) is 4.79 Å². The van der Waals surface area contributed by atoms with E-state index >= 15 is 0 Å². The molecule has 1 atom stereocenters. The number of hydrogen-bond donors (Lipinski definition) is 2. The Morgan fingerprint density at radius 1 is 1.07 bits per heavy atom. The van der Waals surface area contributed by atoms with Crippen LogP contribution in [0.2, 0.25) is 0 Å². The maximum absolute atomic E-state index is 12.9. The van der Waals surface area contributed by atoms with Gasteiger partial charge in [0.2, 0.25) is 0 Å². The zero-order chi connectivity index (χ0) is 21.7. The third-order valence-electron chi connectivity index (χ3n) is 5.18. The van der Waals surface area contributed by atoms with E-state index in [-0.39, 0.29) is 25.0 Å². The number of carboxylic acids is 1. The molecule has 1 unspecified atom stereocenters. The second-order valence-electron chi connectivity index (χ2n) is 6.90. The molecule has 0 aromatic heterocycles. The topological polar surface area (TPSA) is 97.3 Å². The lowest BCUT2D eigenvalue weighted by atomic mass is 9.87. The van der Waals surface area contributed by atoms with Crippen molar-refractivity contribution in [2.75, 3.05) is 34.4 Å². The first-order valence-corrected chi connectivity index (χ1v) is 9.63. The number of carbonyl (C=O) groups excluding carboxylic acids is 1. The zero-order valence-electron chi connectivity index (χ0n) is 17.3. The van der Waals surface area contributed by atoms with Gasteiger partial charge in [-0.25, -0.2) is 4.79 Å².